The van der Waals surface area contributed by atoms with Crippen molar-refractivity contribution in [1.82, 2.24) is 0 Å². The lowest BCUT2D eigenvalue weighted by atomic mass is 10.4. The van der Waals surface area contributed by atoms with Crippen LogP contribution in [0.15, 0.2) is 16.6 Å². The number of aliphatic hydroxyl groups excluding tert-OH is 1. The Hall–Kier alpha value is -1.39. The van der Waals surface area contributed by atoms with Gasteiger partial charge in [-0.25, -0.2) is 4.79 Å². The fourth-order valence-electron chi connectivity index (χ4n) is 0.450. The van der Waals surface area contributed by atoms with Crippen LogP contribution >= 0.6 is 0 Å². The molecule has 0 heterocycles. The molecule has 0 atom stereocenters. The molecule has 0 aromatic rings. The molecular formula is C6H9NO4. The summed E-state index contributed by atoms with van der Waals surface area (Å²) < 4.78 is 4.41. The van der Waals surface area contributed by atoms with Crippen molar-refractivity contribution in [3.63, 3.8) is 0 Å². The molecule has 0 saturated heterocycles. The minimum atomic E-state index is -0.900. The molecular weight excluding hydrogens is 150 g/mol. The van der Waals surface area contributed by atoms with Crippen LogP contribution in [0.5, 0.6) is 0 Å². The standard InChI is InChI=1S/C6H9NO4/c1-3-11-6(9)5(7-10)4(2)8/h8H,3H2,1-2H3. The molecule has 0 aromatic carbocycles. The van der Waals surface area contributed by atoms with Crippen molar-refractivity contribution in [3.05, 3.63) is 16.4 Å². The minimum absolute atomic E-state index is 0.144. The number of ether oxygens (including phenoxy) is 1. The Balaban J connectivity index is 4.40. The van der Waals surface area contributed by atoms with Crippen molar-refractivity contribution < 1.29 is 14.6 Å². The summed E-state index contributed by atoms with van der Waals surface area (Å²) in [5.41, 5.74) is -0.577. The van der Waals surface area contributed by atoms with Gasteiger partial charge in [0.1, 0.15) is 5.76 Å². The van der Waals surface area contributed by atoms with E-state index in [1.807, 2.05) is 0 Å². The Morgan fingerprint density at radius 2 is 2.18 bits per heavy atom. The third-order valence-corrected chi connectivity index (χ3v) is 0.903. The average molecular weight is 159 g/mol. The highest BCUT2D eigenvalue weighted by atomic mass is 16.5. The summed E-state index contributed by atoms with van der Waals surface area (Å²) in [4.78, 5) is 20.6. The number of nitroso groups, excluding NO2 is 1. The number of aliphatic hydroxyl groups is 1. The van der Waals surface area contributed by atoms with E-state index in [-0.39, 0.29) is 6.61 Å². The number of rotatable bonds is 3. The predicted molar refractivity (Wildman–Crippen MR) is 37.8 cm³/mol. The van der Waals surface area contributed by atoms with Gasteiger partial charge in [-0.1, -0.05) is 0 Å². The van der Waals surface area contributed by atoms with E-state index in [2.05, 4.69) is 9.91 Å². The van der Waals surface area contributed by atoms with E-state index in [1.165, 1.54) is 6.92 Å². The van der Waals surface area contributed by atoms with E-state index < -0.39 is 17.4 Å². The van der Waals surface area contributed by atoms with Gasteiger partial charge in [0.05, 0.1) is 6.61 Å². The lowest BCUT2D eigenvalue weighted by molar-refractivity contribution is -0.138. The van der Waals surface area contributed by atoms with Gasteiger partial charge in [0.2, 0.25) is 5.70 Å². The zero-order valence-corrected chi connectivity index (χ0v) is 6.33. The zero-order chi connectivity index (χ0) is 8.85. The Labute approximate surface area is 63.6 Å². The maximum absolute atomic E-state index is 10.7. The molecule has 0 aliphatic carbocycles. The number of hydrogen-bond acceptors (Lipinski definition) is 5. The van der Waals surface area contributed by atoms with Gasteiger partial charge in [0.15, 0.2) is 0 Å². The largest absolute Gasteiger partial charge is 0.510 e. The SMILES string of the molecule is CCOC(=O)C(N=O)=C(C)O. The van der Waals surface area contributed by atoms with Crippen molar-refractivity contribution in [2.45, 2.75) is 13.8 Å². The first-order chi connectivity index (χ1) is 5.13. The van der Waals surface area contributed by atoms with E-state index in [9.17, 15) is 9.70 Å². The first-order valence-corrected chi connectivity index (χ1v) is 3.03. The molecule has 0 fully saturated rings. The van der Waals surface area contributed by atoms with Crippen LogP contribution in [0, 0.1) is 4.91 Å². The minimum Gasteiger partial charge on any atom is -0.510 e. The van der Waals surface area contributed by atoms with Gasteiger partial charge in [-0.3, -0.25) is 0 Å². The van der Waals surface area contributed by atoms with E-state index in [1.54, 1.807) is 6.92 Å². The Morgan fingerprint density at radius 1 is 1.64 bits per heavy atom. The highest BCUT2D eigenvalue weighted by Gasteiger charge is 2.14. The number of allylic oxidation sites excluding steroid dienone is 1. The average Bonchev–Trinajstić information content (AvgIpc) is 1.88. The van der Waals surface area contributed by atoms with Crippen LogP contribution in [-0.2, 0) is 9.53 Å². The molecule has 0 radical (unpaired) electrons. The summed E-state index contributed by atoms with van der Waals surface area (Å²) in [5.74, 6) is -1.33. The molecule has 5 nitrogen and oxygen atoms in total. The molecule has 0 rings (SSSR count). The summed E-state index contributed by atoms with van der Waals surface area (Å²) in [6.45, 7) is 2.92. The van der Waals surface area contributed by atoms with Crippen molar-refractivity contribution in [2.75, 3.05) is 6.61 Å². The van der Waals surface area contributed by atoms with Crippen LogP contribution in [0.2, 0.25) is 0 Å². The van der Waals surface area contributed by atoms with E-state index in [0.717, 1.165) is 0 Å². The number of esters is 1. The monoisotopic (exact) mass is 159 g/mol. The first kappa shape index (κ1) is 9.61. The first-order valence-electron chi connectivity index (χ1n) is 3.03. The van der Waals surface area contributed by atoms with Crippen LogP contribution in [-0.4, -0.2) is 17.7 Å². The second-order valence-corrected chi connectivity index (χ2v) is 1.75. The second kappa shape index (κ2) is 4.43. The molecule has 0 saturated carbocycles. The summed E-state index contributed by atoms with van der Waals surface area (Å²) in [6.07, 6.45) is 0. The predicted octanol–water partition coefficient (Wildman–Crippen LogP) is 1.11. The summed E-state index contributed by atoms with van der Waals surface area (Å²) in [7, 11) is 0. The summed E-state index contributed by atoms with van der Waals surface area (Å²) in [6, 6.07) is 0. The van der Waals surface area contributed by atoms with E-state index in [0.29, 0.717) is 0 Å². The van der Waals surface area contributed by atoms with Gasteiger partial charge < -0.3 is 9.84 Å². The van der Waals surface area contributed by atoms with Crippen molar-refractivity contribution in [3.8, 4) is 0 Å². The maximum atomic E-state index is 10.7. The molecule has 0 amide bonds. The third-order valence-electron chi connectivity index (χ3n) is 0.903. The normalized spacial score (nSPS) is 11.8. The molecule has 0 aromatic heterocycles. The molecule has 0 aliphatic heterocycles. The van der Waals surface area contributed by atoms with Gasteiger partial charge in [0.25, 0.3) is 0 Å². The molecule has 0 bridgehead atoms. The van der Waals surface area contributed by atoms with E-state index in [4.69, 9.17) is 5.11 Å². The van der Waals surface area contributed by atoms with Gasteiger partial charge in [-0.15, -0.1) is 4.91 Å². The molecule has 62 valence electrons. The number of carbonyl (C=O) groups excluding carboxylic acids is 1. The summed E-state index contributed by atoms with van der Waals surface area (Å²) >= 11 is 0. The highest BCUT2D eigenvalue weighted by molar-refractivity contribution is 5.88. The molecule has 11 heavy (non-hydrogen) atoms. The van der Waals surface area contributed by atoms with Crippen molar-refractivity contribution >= 4 is 5.97 Å². The fourth-order valence-corrected chi connectivity index (χ4v) is 0.450. The topological polar surface area (TPSA) is 76.0 Å². The van der Waals surface area contributed by atoms with Crippen molar-refractivity contribution in [2.24, 2.45) is 5.18 Å². The van der Waals surface area contributed by atoms with Crippen LogP contribution in [0.25, 0.3) is 0 Å². The molecule has 0 spiro atoms. The van der Waals surface area contributed by atoms with Crippen LogP contribution in [0.1, 0.15) is 13.8 Å². The van der Waals surface area contributed by atoms with Crippen LogP contribution in [0.4, 0.5) is 0 Å². The summed E-state index contributed by atoms with van der Waals surface area (Å²) in [5, 5.41) is 11.0. The number of hydrogen-bond donors (Lipinski definition) is 1. The lowest BCUT2D eigenvalue weighted by Gasteiger charge is -1.98. The van der Waals surface area contributed by atoms with E-state index >= 15 is 0 Å². The van der Waals surface area contributed by atoms with Gasteiger partial charge in [0, 0.05) is 0 Å². The third kappa shape index (κ3) is 2.79. The maximum Gasteiger partial charge on any atom is 0.364 e. The molecule has 0 aliphatic rings. The number of nitrogens with zero attached hydrogens (tertiary/aromatic N) is 1. The quantitative estimate of drug-likeness (QED) is 0.289. The van der Waals surface area contributed by atoms with Gasteiger partial charge >= 0.3 is 5.97 Å². The highest BCUT2D eigenvalue weighted by Crippen LogP contribution is 2.04. The Morgan fingerprint density at radius 3 is 2.45 bits per heavy atom. The van der Waals surface area contributed by atoms with Crippen molar-refractivity contribution in [1.29, 1.82) is 0 Å². The fraction of sp³-hybridized carbons (Fsp3) is 0.500. The number of carbonyl (C=O) groups is 1. The van der Waals surface area contributed by atoms with Crippen LogP contribution < -0.4 is 0 Å². The zero-order valence-electron chi connectivity index (χ0n) is 6.33. The molecule has 1 N–H and O–H groups in total. The molecule has 0 unspecified atom stereocenters. The second-order valence-electron chi connectivity index (χ2n) is 1.75. The Bertz CT molecular complexity index is 193. The lowest BCUT2D eigenvalue weighted by Crippen LogP contribution is -2.07. The Kier molecular flexibility index (Phi) is 3.87. The van der Waals surface area contributed by atoms with Crippen LogP contribution in [0.3, 0.4) is 0 Å². The van der Waals surface area contributed by atoms with Gasteiger partial charge in [-0.2, -0.15) is 0 Å². The smallest absolute Gasteiger partial charge is 0.364 e. The molecule has 5 heteroatoms. The van der Waals surface area contributed by atoms with Gasteiger partial charge in [-0.05, 0) is 19.0 Å².